The molecule has 1 amide bonds. The molecule has 1 aromatic carbocycles. The van der Waals surface area contributed by atoms with E-state index < -0.39 is 0 Å². The minimum Gasteiger partial charge on any atom is -0.393 e. The van der Waals surface area contributed by atoms with Crippen molar-refractivity contribution >= 4 is 28.5 Å². The first-order valence-electron chi connectivity index (χ1n) is 5.23. The SMILES string of the molecule is Cc1ccc(I)c(C(=O)NCCC(C)O)c1. The van der Waals surface area contributed by atoms with E-state index in [1.54, 1.807) is 6.92 Å². The van der Waals surface area contributed by atoms with Crippen LogP contribution < -0.4 is 5.32 Å². The lowest BCUT2D eigenvalue weighted by Crippen LogP contribution is -2.27. The Morgan fingerprint density at radius 1 is 1.56 bits per heavy atom. The van der Waals surface area contributed by atoms with Crippen LogP contribution in [0.4, 0.5) is 0 Å². The number of aliphatic hydroxyl groups excluding tert-OH is 1. The van der Waals surface area contributed by atoms with Crippen LogP contribution in [0.2, 0.25) is 0 Å². The lowest BCUT2D eigenvalue weighted by molar-refractivity contribution is 0.0944. The number of halogens is 1. The van der Waals surface area contributed by atoms with Crippen molar-refractivity contribution in [2.75, 3.05) is 6.54 Å². The second-order valence-corrected chi connectivity index (χ2v) is 5.04. The van der Waals surface area contributed by atoms with Gasteiger partial charge in [-0.25, -0.2) is 0 Å². The Bertz CT molecular complexity index is 377. The van der Waals surface area contributed by atoms with Crippen molar-refractivity contribution in [3.05, 3.63) is 32.9 Å². The molecule has 0 aliphatic rings. The highest BCUT2D eigenvalue weighted by Crippen LogP contribution is 2.13. The number of amides is 1. The van der Waals surface area contributed by atoms with Crippen LogP contribution in [0, 0.1) is 10.5 Å². The molecule has 0 heterocycles. The van der Waals surface area contributed by atoms with Crippen LogP contribution in [0.25, 0.3) is 0 Å². The number of benzene rings is 1. The molecule has 1 rings (SSSR count). The monoisotopic (exact) mass is 333 g/mol. The van der Waals surface area contributed by atoms with E-state index in [0.717, 1.165) is 9.13 Å². The first-order valence-corrected chi connectivity index (χ1v) is 6.31. The van der Waals surface area contributed by atoms with Crippen molar-refractivity contribution in [3.63, 3.8) is 0 Å². The molecule has 0 bridgehead atoms. The Morgan fingerprint density at radius 2 is 2.25 bits per heavy atom. The zero-order chi connectivity index (χ0) is 12.1. The molecule has 0 aliphatic heterocycles. The van der Waals surface area contributed by atoms with Gasteiger partial charge in [0.05, 0.1) is 11.7 Å². The lowest BCUT2D eigenvalue weighted by atomic mass is 10.1. The summed E-state index contributed by atoms with van der Waals surface area (Å²) in [6, 6.07) is 5.79. The van der Waals surface area contributed by atoms with E-state index in [-0.39, 0.29) is 12.0 Å². The number of aryl methyl sites for hydroxylation is 1. The fourth-order valence-electron chi connectivity index (χ4n) is 1.30. The Morgan fingerprint density at radius 3 is 2.88 bits per heavy atom. The zero-order valence-corrected chi connectivity index (χ0v) is 11.6. The molecule has 0 fully saturated rings. The number of rotatable bonds is 4. The standard InChI is InChI=1S/C12H16INO2/c1-8-3-4-11(13)10(7-8)12(16)14-6-5-9(2)15/h3-4,7,9,15H,5-6H2,1-2H3,(H,14,16). The summed E-state index contributed by atoms with van der Waals surface area (Å²) in [5.41, 5.74) is 1.77. The van der Waals surface area contributed by atoms with E-state index in [1.165, 1.54) is 0 Å². The second-order valence-electron chi connectivity index (χ2n) is 3.88. The Labute approximate surface area is 109 Å². The summed E-state index contributed by atoms with van der Waals surface area (Å²) in [6.45, 7) is 4.17. The summed E-state index contributed by atoms with van der Waals surface area (Å²) in [6.07, 6.45) is 0.200. The molecule has 0 aliphatic carbocycles. The van der Waals surface area contributed by atoms with Crippen molar-refractivity contribution in [1.29, 1.82) is 0 Å². The van der Waals surface area contributed by atoms with Gasteiger partial charge in [-0.3, -0.25) is 4.79 Å². The van der Waals surface area contributed by atoms with E-state index in [9.17, 15) is 4.79 Å². The molecular formula is C12H16INO2. The Kier molecular flexibility index (Phi) is 5.21. The van der Waals surface area contributed by atoms with Gasteiger partial charge in [0.1, 0.15) is 0 Å². The number of nitrogens with one attached hydrogen (secondary N) is 1. The van der Waals surface area contributed by atoms with Gasteiger partial charge in [0.15, 0.2) is 0 Å². The van der Waals surface area contributed by atoms with Crippen LogP contribution in [0.15, 0.2) is 18.2 Å². The maximum atomic E-state index is 11.8. The van der Waals surface area contributed by atoms with Crippen molar-refractivity contribution in [2.45, 2.75) is 26.4 Å². The first kappa shape index (κ1) is 13.4. The Hall–Kier alpha value is -0.620. The van der Waals surface area contributed by atoms with E-state index in [0.29, 0.717) is 18.5 Å². The predicted molar refractivity (Wildman–Crippen MR) is 72.5 cm³/mol. The summed E-state index contributed by atoms with van der Waals surface area (Å²) in [5.74, 6) is -0.0752. The van der Waals surface area contributed by atoms with Crippen molar-refractivity contribution < 1.29 is 9.90 Å². The molecule has 0 radical (unpaired) electrons. The largest absolute Gasteiger partial charge is 0.393 e. The molecule has 88 valence electrons. The molecule has 0 saturated carbocycles. The van der Waals surface area contributed by atoms with Gasteiger partial charge in [-0.15, -0.1) is 0 Å². The summed E-state index contributed by atoms with van der Waals surface area (Å²) in [5, 5.41) is 11.9. The van der Waals surface area contributed by atoms with E-state index in [1.807, 2.05) is 25.1 Å². The number of hydrogen-bond acceptors (Lipinski definition) is 2. The van der Waals surface area contributed by atoms with E-state index in [2.05, 4.69) is 27.9 Å². The van der Waals surface area contributed by atoms with E-state index in [4.69, 9.17) is 5.11 Å². The topological polar surface area (TPSA) is 49.3 Å². The minimum absolute atomic E-state index is 0.0752. The van der Waals surface area contributed by atoms with Crippen LogP contribution in [0.5, 0.6) is 0 Å². The van der Waals surface area contributed by atoms with Crippen molar-refractivity contribution in [1.82, 2.24) is 5.32 Å². The molecule has 1 aromatic rings. The number of hydrogen-bond donors (Lipinski definition) is 2. The normalized spacial score (nSPS) is 12.2. The molecule has 1 unspecified atom stereocenters. The fraction of sp³-hybridized carbons (Fsp3) is 0.417. The average Bonchev–Trinajstić information content (AvgIpc) is 2.21. The predicted octanol–water partition coefficient (Wildman–Crippen LogP) is 2.10. The molecule has 0 saturated heterocycles. The molecule has 16 heavy (non-hydrogen) atoms. The summed E-state index contributed by atoms with van der Waals surface area (Å²) in [7, 11) is 0. The Balaban J connectivity index is 2.62. The van der Waals surface area contributed by atoms with Crippen molar-refractivity contribution in [3.8, 4) is 0 Å². The molecule has 3 nitrogen and oxygen atoms in total. The van der Waals surface area contributed by atoms with E-state index >= 15 is 0 Å². The molecule has 2 N–H and O–H groups in total. The molecule has 4 heteroatoms. The summed E-state index contributed by atoms with van der Waals surface area (Å²) >= 11 is 2.15. The van der Waals surface area contributed by atoms with Gasteiger partial charge in [0.25, 0.3) is 5.91 Å². The second kappa shape index (κ2) is 6.20. The molecule has 0 spiro atoms. The quantitative estimate of drug-likeness (QED) is 0.829. The fourth-order valence-corrected chi connectivity index (χ4v) is 1.88. The first-order chi connectivity index (χ1) is 7.50. The molecule has 0 aromatic heterocycles. The third-order valence-electron chi connectivity index (χ3n) is 2.21. The summed E-state index contributed by atoms with van der Waals surface area (Å²) < 4.78 is 0.942. The van der Waals surface area contributed by atoms with Gasteiger partial charge in [-0.1, -0.05) is 11.6 Å². The highest BCUT2D eigenvalue weighted by Gasteiger charge is 2.09. The van der Waals surface area contributed by atoms with Crippen LogP contribution in [-0.4, -0.2) is 23.7 Å². The molecule has 1 atom stereocenters. The van der Waals surface area contributed by atoms with Gasteiger partial charge >= 0.3 is 0 Å². The van der Waals surface area contributed by atoms with Gasteiger partial charge in [-0.05, 0) is 55.0 Å². The van der Waals surface area contributed by atoms with Gasteiger partial charge < -0.3 is 10.4 Å². The third kappa shape index (κ3) is 4.09. The minimum atomic E-state index is -0.378. The maximum Gasteiger partial charge on any atom is 0.252 e. The van der Waals surface area contributed by atoms with Crippen LogP contribution in [-0.2, 0) is 0 Å². The van der Waals surface area contributed by atoms with Crippen LogP contribution in [0.3, 0.4) is 0 Å². The lowest BCUT2D eigenvalue weighted by Gasteiger charge is -2.08. The van der Waals surface area contributed by atoms with Crippen molar-refractivity contribution in [2.24, 2.45) is 0 Å². The number of aliphatic hydroxyl groups is 1. The van der Waals surface area contributed by atoms with Crippen LogP contribution >= 0.6 is 22.6 Å². The highest BCUT2D eigenvalue weighted by molar-refractivity contribution is 14.1. The van der Waals surface area contributed by atoms with Crippen LogP contribution in [0.1, 0.15) is 29.3 Å². The average molecular weight is 333 g/mol. The third-order valence-corrected chi connectivity index (χ3v) is 3.15. The highest BCUT2D eigenvalue weighted by atomic mass is 127. The van der Waals surface area contributed by atoms with Gasteiger partial charge in [0.2, 0.25) is 0 Å². The summed E-state index contributed by atoms with van der Waals surface area (Å²) in [4.78, 5) is 11.8. The van der Waals surface area contributed by atoms with Gasteiger partial charge in [0, 0.05) is 10.1 Å². The number of carbonyl (C=O) groups is 1. The number of carbonyl (C=O) groups excluding carboxylic acids is 1. The zero-order valence-electron chi connectivity index (χ0n) is 9.46. The van der Waals surface area contributed by atoms with Gasteiger partial charge in [-0.2, -0.15) is 0 Å². The molecular weight excluding hydrogens is 317 g/mol. The maximum absolute atomic E-state index is 11.8. The smallest absolute Gasteiger partial charge is 0.252 e.